The molecule has 0 spiro atoms. The minimum absolute atomic E-state index is 0.0107. The fourth-order valence-electron chi connectivity index (χ4n) is 3.00. The second-order valence-corrected chi connectivity index (χ2v) is 6.94. The van der Waals surface area contributed by atoms with Gasteiger partial charge < -0.3 is 10.3 Å². The monoisotopic (exact) mass is 362 g/mol. The molecule has 5 nitrogen and oxygen atoms in total. The van der Waals surface area contributed by atoms with Crippen molar-refractivity contribution in [2.24, 2.45) is 0 Å². The van der Waals surface area contributed by atoms with E-state index in [1.165, 1.54) is 22.5 Å². The van der Waals surface area contributed by atoms with Crippen LogP contribution in [0.1, 0.15) is 26.4 Å². The molecule has 0 atom stereocenters. The van der Waals surface area contributed by atoms with Crippen LogP contribution >= 0.6 is 11.3 Å². The predicted octanol–water partition coefficient (Wildman–Crippen LogP) is 3.58. The molecule has 0 aliphatic heterocycles. The van der Waals surface area contributed by atoms with Gasteiger partial charge in [-0.1, -0.05) is 0 Å². The summed E-state index contributed by atoms with van der Waals surface area (Å²) in [6.45, 7) is 0.609. The third-order valence-corrected chi connectivity index (χ3v) is 5.29. The molecule has 0 aromatic carbocycles. The number of fused-ring (bicyclic) bond motifs is 1. The number of amides is 1. The van der Waals surface area contributed by atoms with Gasteiger partial charge in [-0.2, -0.15) is 0 Å². The molecule has 0 fully saturated rings. The van der Waals surface area contributed by atoms with Crippen molar-refractivity contribution in [1.29, 1.82) is 0 Å². The highest BCUT2D eigenvalue weighted by atomic mass is 32.1. The van der Waals surface area contributed by atoms with Gasteiger partial charge in [0.1, 0.15) is 5.65 Å². The highest BCUT2D eigenvalue weighted by Gasteiger charge is 2.14. The normalized spacial score (nSPS) is 10.9. The number of nitrogens with one attached hydrogen (secondary N) is 2. The van der Waals surface area contributed by atoms with Gasteiger partial charge in [-0.3, -0.25) is 9.78 Å². The third kappa shape index (κ3) is 3.50. The number of hydrogen-bond donors (Lipinski definition) is 2. The number of nitrogens with zero attached hydrogens (tertiary/aromatic N) is 2. The summed E-state index contributed by atoms with van der Waals surface area (Å²) in [7, 11) is 0. The first-order valence-corrected chi connectivity index (χ1v) is 9.33. The zero-order chi connectivity index (χ0) is 17.8. The van der Waals surface area contributed by atoms with Crippen molar-refractivity contribution >= 4 is 28.3 Å². The molecule has 0 aliphatic rings. The van der Waals surface area contributed by atoms with Crippen LogP contribution in [0.5, 0.6) is 0 Å². The molecule has 6 heteroatoms. The number of pyridine rings is 2. The van der Waals surface area contributed by atoms with Crippen LogP contribution in [0.2, 0.25) is 0 Å². The summed E-state index contributed by atoms with van der Waals surface area (Å²) >= 11 is 1.49. The molecule has 0 unspecified atom stereocenters. The van der Waals surface area contributed by atoms with E-state index < -0.39 is 0 Å². The molecule has 0 radical (unpaired) electrons. The molecule has 0 saturated carbocycles. The number of carbonyl (C=O) groups is 1. The van der Waals surface area contributed by atoms with E-state index in [1.807, 2.05) is 41.9 Å². The summed E-state index contributed by atoms with van der Waals surface area (Å²) in [5, 5.41) is 6.10. The second-order valence-electron chi connectivity index (χ2n) is 6.02. The van der Waals surface area contributed by atoms with E-state index in [-0.39, 0.29) is 5.91 Å². The Bertz CT molecular complexity index is 1020. The van der Waals surface area contributed by atoms with Crippen LogP contribution in [0.15, 0.2) is 60.5 Å². The summed E-state index contributed by atoms with van der Waals surface area (Å²) in [4.78, 5) is 24.8. The number of aromatic amines is 1. The van der Waals surface area contributed by atoms with E-state index in [1.54, 1.807) is 18.6 Å². The van der Waals surface area contributed by atoms with Gasteiger partial charge in [0.05, 0.1) is 4.88 Å². The SMILES string of the molecule is O=C(NCCc1ccncc1)c1sccc1Cc1ccnc2[nH]ccc12. The van der Waals surface area contributed by atoms with Crippen LogP contribution in [0.4, 0.5) is 0 Å². The van der Waals surface area contributed by atoms with Crippen LogP contribution in [0.25, 0.3) is 11.0 Å². The van der Waals surface area contributed by atoms with E-state index in [4.69, 9.17) is 0 Å². The van der Waals surface area contributed by atoms with Crippen LogP contribution in [-0.4, -0.2) is 27.4 Å². The van der Waals surface area contributed by atoms with E-state index in [9.17, 15) is 4.79 Å². The molecule has 4 aromatic rings. The van der Waals surface area contributed by atoms with Crippen LogP contribution < -0.4 is 5.32 Å². The van der Waals surface area contributed by atoms with Gasteiger partial charge >= 0.3 is 0 Å². The Morgan fingerprint density at radius 1 is 1.08 bits per heavy atom. The Balaban J connectivity index is 1.44. The summed E-state index contributed by atoms with van der Waals surface area (Å²) in [5.41, 5.74) is 4.25. The maximum atomic E-state index is 12.6. The van der Waals surface area contributed by atoms with Crippen molar-refractivity contribution in [3.63, 3.8) is 0 Å². The average molecular weight is 362 g/mol. The van der Waals surface area contributed by atoms with Gasteiger partial charge in [0, 0.05) is 36.7 Å². The van der Waals surface area contributed by atoms with Gasteiger partial charge in [-0.25, -0.2) is 4.98 Å². The van der Waals surface area contributed by atoms with Gasteiger partial charge in [-0.05, 0) is 65.2 Å². The van der Waals surface area contributed by atoms with Crippen molar-refractivity contribution in [3.8, 4) is 0 Å². The largest absolute Gasteiger partial charge is 0.351 e. The number of aromatic nitrogens is 3. The maximum Gasteiger partial charge on any atom is 0.261 e. The summed E-state index contributed by atoms with van der Waals surface area (Å²) < 4.78 is 0. The molecule has 26 heavy (non-hydrogen) atoms. The molecule has 4 heterocycles. The lowest BCUT2D eigenvalue weighted by molar-refractivity contribution is 0.0957. The van der Waals surface area contributed by atoms with Gasteiger partial charge in [0.15, 0.2) is 0 Å². The van der Waals surface area contributed by atoms with Crippen LogP contribution in [0, 0.1) is 0 Å². The first kappa shape index (κ1) is 16.5. The van der Waals surface area contributed by atoms with Crippen molar-refractivity contribution in [3.05, 3.63) is 82.1 Å². The summed E-state index contributed by atoms with van der Waals surface area (Å²) in [6, 6.07) is 10.0. The number of thiophene rings is 1. The van der Waals surface area contributed by atoms with Crippen molar-refractivity contribution in [1.82, 2.24) is 20.3 Å². The molecule has 2 N–H and O–H groups in total. The topological polar surface area (TPSA) is 70.7 Å². The summed E-state index contributed by atoms with van der Waals surface area (Å²) in [5.74, 6) is -0.0107. The molecule has 1 amide bonds. The number of carbonyl (C=O) groups excluding carboxylic acids is 1. The quantitative estimate of drug-likeness (QED) is 0.551. The van der Waals surface area contributed by atoms with Gasteiger partial charge in [-0.15, -0.1) is 11.3 Å². The molecule has 0 saturated heterocycles. The Labute approximate surface area is 155 Å². The molecule has 0 aliphatic carbocycles. The van der Waals surface area contributed by atoms with Crippen molar-refractivity contribution in [2.75, 3.05) is 6.54 Å². The lowest BCUT2D eigenvalue weighted by Gasteiger charge is -2.07. The predicted molar refractivity (Wildman–Crippen MR) is 103 cm³/mol. The van der Waals surface area contributed by atoms with Crippen LogP contribution in [0.3, 0.4) is 0 Å². The molecule has 130 valence electrons. The molecular formula is C20H18N4OS. The molecule has 0 bridgehead atoms. The summed E-state index contributed by atoms with van der Waals surface area (Å²) in [6.07, 6.45) is 8.74. The zero-order valence-electron chi connectivity index (χ0n) is 14.1. The highest BCUT2D eigenvalue weighted by molar-refractivity contribution is 7.12. The Morgan fingerprint density at radius 2 is 1.96 bits per heavy atom. The Morgan fingerprint density at radius 3 is 2.85 bits per heavy atom. The van der Waals surface area contributed by atoms with E-state index in [0.717, 1.165) is 27.9 Å². The molecule has 4 aromatic heterocycles. The Hall–Kier alpha value is -2.99. The van der Waals surface area contributed by atoms with Crippen molar-refractivity contribution in [2.45, 2.75) is 12.8 Å². The average Bonchev–Trinajstić information content (AvgIpc) is 3.32. The highest BCUT2D eigenvalue weighted by Crippen LogP contribution is 2.24. The third-order valence-electron chi connectivity index (χ3n) is 4.33. The number of rotatable bonds is 6. The standard InChI is InChI=1S/C20H18N4OS/c25-20(24-9-3-14-1-7-21-8-2-14)18-16(6-12-26-18)13-15-4-10-22-19-17(15)5-11-23-19/h1-2,4-8,10-12H,3,9,13H2,(H,22,23)(H,24,25). The fourth-order valence-corrected chi connectivity index (χ4v) is 3.84. The first-order chi connectivity index (χ1) is 12.8. The second kappa shape index (κ2) is 7.49. The van der Waals surface area contributed by atoms with Gasteiger partial charge in [0.2, 0.25) is 0 Å². The minimum Gasteiger partial charge on any atom is -0.351 e. The smallest absolute Gasteiger partial charge is 0.261 e. The van der Waals surface area contributed by atoms with E-state index in [0.29, 0.717) is 13.0 Å². The fraction of sp³-hybridized carbons (Fsp3) is 0.150. The van der Waals surface area contributed by atoms with Crippen molar-refractivity contribution < 1.29 is 4.79 Å². The number of H-pyrrole nitrogens is 1. The Kier molecular flexibility index (Phi) is 4.75. The molecule has 4 rings (SSSR count). The number of hydrogen-bond acceptors (Lipinski definition) is 4. The molecular weight excluding hydrogens is 344 g/mol. The van der Waals surface area contributed by atoms with E-state index >= 15 is 0 Å². The van der Waals surface area contributed by atoms with Crippen LogP contribution in [-0.2, 0) is 12.8 Å². The lowest BCUT2D eigenvalue weighted by Crippen LogP contribution is -2.25. The van der Waals surface area contributed by atoms with E-state index in [2.05, 4.69) is 20.3 Å². The van der Waals surface area contributed by atoms with Gasteiger partial charge in [0.25, 0.3) is 5.91 Å². The minimum atomic E-state index is -0.0107. The first-order valence-electron chi connectivity index (χ1n) is 8.46. The maximum absolute atomic E-state index is 12.6. The zero-order valence-corrected chi connectivity index (χ0v) is 14.9. The lowest BCUT2D eigenvalue weighted by atomic mass is 10.0.